The van der Waals surface area contributed by atoms with Crippen molar-refractivity contribution >= 4 is 11.6 Å². The quantitative estimate of drug-likeness (QED) is 0.808. The summed E-state index contributed by atoms with van der Waals surface area (Å²) < 4.78 is 14.6. The molecule has 0 fully saturated rings. The van der Waals surface area contributed by atoms with E-state index in [1.807, 2.05) is 24.3 Å². The maximum atomic E-state index is 14.6. The van der Waals surface area contributed by atoms with Gasteiger partial charge < -0.3 is 5.32 Å². The second-order valence-electron chi connectivity index (χ2n) is 6.38. The normalized spacial score (nSPS) is 22.6. The molecule has 0 aromatic heterocycles. The van der Waals surface area contributed by atoms with Crippen molar-refractivity contribution in [2.75, 3.05) is 0 Å². The molecule has 0 saturated heterocycles. The third-order valence-electron chi connectivity index (χ3n) is 5.24. The minimum Gasteiger partial charge on any atom is -0.379 e. The molecule has 0 bridgehead atoms. The predicted octanol–water partition coefficient (Wildman–Crippen LogP) is 4.02. The second kappa shape index (κ2) is 6.34. The molecular weight excluding hydrogens is 353 g/mol. The molecule has 1 aliphatic carbocycles. The van der Waals surface area contributed by atoms with Crippen LogP contribution < -0.4 is 5.32 Å². The smallest absolute Gasteiger partial charge is 0.203 e. The van der Waals surface area contributed by atoms with E-state index in [9.17, 15) is 25.4 Å². The molecule has 7 heteroatoms. The van der Waals surface area contributed by atoms with Crippen molar-refractivity contribution in [2.45, 2.75) is 31.7 Å². The topological polar surface area (TPSA) is 107 Å². The Kier molecular flexibility index (Phi) is 4.33. The lowest BCUT2D eigenvalue weighted by molar-refractivity contribution is 0.213. The molecule has 1 aromatic carbocycles. The van der Waals surface area contributed by atoms with Crippen LogP contribution in [-0.2, 0) is 0 Å². The fraction of sp³-hybridized carbons (Fsp3) is 0.368. The largest absolute Gasteiger partial charge is 0.379 e. The van der Waals surface area contributed by atoms with Crippen LogP contribution in [0, 0.1) is 62.0 Å². The van der Waals surface area contributed by atoms with Gasteiger partial charge in [-0.25, -0.2) is 4.39 Å². The van der Waals surface area contributed by atoms with Gasteiger partial charge in [0.1, 0.15) is 5.82 Å². The second-order valence-corrected chi connectivity index (χ2v) is 6.79. The number of nitrogens with zero attached hydrogens (tertiary/aromatic N) is 4. The fourth-order valence-corrected chi connectivity index (χ4v) is 4.22. The van der Waals surface area contributed by atoms with Crippen molar-refractivity contribution in [3.8, 4) is 24.3 Å². The number of allylic oxidation sites excluding steroid dienone is 2. The van der Waals surface area contributed by atoms with Gasteiger partial charge in [-0.3, -0.25) is 0 Å². The lowest BCUT2D eigenvalue weighted by Gasteiger charge is -2.47. The Bertz CT molecular complexity index is 921. The first kappa shape index (κ1) is 17.8. The summed E-state index contributed by atoms with van der Waals surface area (Å²) in [5, 5.41) is 42.8. The van der Waals surface area contributed by atoms with Crippen LogP contribution in [0.4, 0.5) is 4.39 Å². The molecule has 0 radical (unpaired) electrons. The first-order valence-electron chi connectivity index (χ1n) is 8.09. The van der Waals surface area contributed by atoms with E-state index in [2.05, 4.69) is 5.32 Å². The molecule has 1 heterocycles. The summed E-state index contributed by atoms with van der Waals surface area (Å²) in [7, 11) is 0. The Hall–Kier alpha value is -3.06. The SMILES string of the molecule is N#CC1(C#N)C2=C(CCCC2)NC(c2c(F)cccc2Cl)C1(C#N)C#N. The average Bonchev–Trinajstić information content (AvgIpc) is 2.66. The minimum absolute atomic E-state index is 0.0296. The number of nitrogens with one attached hydrogen (secondary N) is 1. The average molecular weight is 366 g/mol. The van der Waals surface area contributed by atoms with Crippen LogP contribution in [0.25, 0.3) is 0 Å². The van der Waals surface area contributed by atoms with Crippen LogP contribution in [0.1, 0.15) is 37.3 Å². The molecule has 26 heavy (non-hydrogen) atoms. The number of nitriles is 4. The summed E-state index contributed by atoms with van der Waals surface area (Å²) in [5.74, 6) is -0.700. The van der Waals surface area contributed by atoms with Gasteiger partial charge in [0, 0.05) is 16.3 Å². The highest BCUT2D eigenvalue weighted by Gasteiger charge is 2.65. The summed E-state index contributed by atoms with van der Waals surface area (Å²) in [6.45, 7) is 0. The number of hydrogen-bond acceptors (Lipinski definition) is 5. The van der Waals surface area contributed by atoms with Gasteiger partial charge in [0.15, 0.2) is 0 Å². The van der Waals surface area contributed by atoms with E-state index >= 15 is 0 Å². The zero-order chi connectivity index (χ0) is 18.9. The summed E-state index contributed by atoms with van der Waals surface area (Å²) in [5.41, 5.74) is -3.12. The molecular formula is C19H13ClFN5. The summed E-state index contributed by atoms with van der Waals surface area (Å²) in [6.07, 6.45) is 2.59. The van der Waals surface area contributed by atoms with E-state index in [-0.39, 0.29) is 10.6 Å². The van der Waals surface area contributed by atoms with Crippen LogP contribution in [0.5, 0.6) is 0 Å². The molecule has 3 rings (SSSR count). The molecule has 0 spiro atoms. The molecule has 1 aromatic rings. The first-order valence-corrected chi connectivity index (χ1v) is 8.47. The molecule has 0 amide bonds. The number of halogens is 2. The molecule has 1 unspecified atom stereocenters. The van der Waals surface area contributed by atoms with Crippen molar-refractivity contribution in [3.63, 3.8) is 0 Å². The van der Waals surface area contributed by atoms with Crippen molar-refractivity contribution < 1.29 is 4.39 Å². The first-order chi connectivity index (χ1) is 12.5. The number of hydrogen-bond donors (Lipinski definition) is 1. The fourth-order valence-electron chi connectivity index (χ4n) is 3.95. The van der Waals surface area contributed by atoms with Crippen molar-refractivity contribution in [2.24, 2.45) is 10.8 Å². The lowest BCUT2D eigenvalue weighted by atomic mass is 9.54. The Balaban J connectivity index is 2.40. The van der Waals surface area contributed by atoms with E-state index < -0.39 is 22.7 Å². The lowest BCUT2D eigenvalue weighted by Crippen LogP contribution is -2.54. The molecule has 5 nitrogen and oxygen atoms in total. The summed E-state index contributed by atoms with van der Waals surface area (Å²) in [4.78, 5) is 0. The van der Waals surface area contributed by atoms with E-state index in [4.69, 9.17) is 11.6 Å². The third-order valence-corrected chi connectivity index (χ3v) is 5.57. The Morgan fingerprint density at radius 1 is 1.04 bits per heavy atom. The van der Waals surface area contributed by atoms with Gasteiger partial charge in [0.25, 0.3) is 0 Å². The van der Waals surface area contributed by atoms with Crippen molar-refractivity contribution in [3.05, 3.63) is 45.9 Å². The maximum absolute atomic E-state index is 14.6. The highest BCUT2D eigenvalue weighted by molar-refractivity contribution is 6.31. The van der Waals surface area contributed by atoms with E-state index in [0.717, 1.165) is 12.8 Å². The monoisotopic (exact) mass is 365 g/mol. The highest BCUT2D eigenvalue weighted by Crippen LogP contribution is 2.58. The van der Waals surface area contributed by atoms with Gasteiger partial charge in [0.2, 0.25) is 10.8 Å². The van der Waals surface area contributed by atoms with Crippen LogP contribution in [0.3, 0.4) is 0 Å². The standard InChI is InChI=1S/C19H13ClFN5/c20-13-5-3-6-14(21)16(13)17-19(10-24,11-25)18(8-22,9-23)12-4-1-2-7-15(12)26-17/h3,5-6,17,26H,1-2,4,7H2. The minimum atomic E-state index is -2.14. The zero-order valence-corrected chi connectivity index (χ0v) is 14.4. The van der Waals surface area contributed by atoms with Gasteiger partial charge in [0.05, 0.1) is 30.3 Å². The maximum Gasteiger partial charge on any atom is 0.203 e. The van der Waals surface area contributed by atoms with Gasteiger partial charge in [-0.1, -0.05) is 17.7 Å². The Morgan fingerprint density at radius 3 is 2.27 bits per heavy atom. The highest BCUT2D eigenvalue weighted by atomic mass is 35.5. The van der Waals surface area contributed by atoms with Crippen molar-refractivity contribution in [1.82, 2.24) is 5.32 Å². The number of rotatable bonds is 1. The third kappa shape index (κ3) is 2.10. The van der Waals surface area contributed by atoms with E-state index in [0.29, 0.717) is 24.1 Å². The summed E-state index contributed by atoms with van der Waals surface area (Å²) >= 11 is 6.18. The zero-order valence-electron chi connectivity index (χ0n) is 13.7. The van der Waals surface area contributed by atoms with Gasteiger partial charge >= 0.3 is 0 Å². The number of benzene rings is 1. The van der Waals surface area contributed by atoms with Crippen molar-refractivity contribution in [1.29, 1.82) is 21.0 Å². The predicted molar refractivity (Wildman–Crippen MR) is 90.1 cm³/mol. The Labute approximate surface area is 155 Å². The van der Waals surface area contributed by atoms with Crippen LogP contribution in [0.15, 0.2) is 29.5 Å². The molecule has 1 N–H and O–H groups in total. The molecule has 1 atom stereocenters. The van der Waals surface area contributed by atoms with Gasteiger partial charge in [-0.05, 0) is 43.4 Å². The van der Waals surface area contributed by atoms with E-state index in [1.54, 1.807) is 0 Å². The van der Waals surface area contributed by atoms with Crippen LogP contribution in [-0.4, -0.2) is 0 Å². The van der Waals surface area contributed by atoms with Crippen LogP contribution in [0.2, 0.25) is 5.02 Å². The molecule has 1 aliphatic heterocycles. The van der Waals surface area contributed by atoms with Gasteiger partial charge in [-0.2, -0.15) is 21.0 Å². The molecule has 0 saturated carbocycles. The molecule has 2 aliphatic rings. The van der Waals surface area contributed by atoms with Crippen LogP contribution >= 0.6 is 11.6 Å². The Morgan fingerprint density at radius 2 is 1.69 bits per heavy atom. The molecule has 128 valence electrons. The summed E-state index contributed by atoms with van der Waals surface area (Å²) in [6, 6.07) is 10.4. The van der Waals surface area contributed by atoms with Gasteiger partial charge in [-0.15, -0.1) is 0 Å². The van der Waals surface area contributed by atoms with E-state index in [1.165, 1.54) is 18.2 Å².